The second-order valence-corrected chi connectivity index (χ2v) is 7.20. The second kappa shape index (κ2) is 9.95. The molecule has 0 aliphatic heterocycles. The summed E-state index contributed by atoms with van der Waals surface area (Å²) in [6.07, 6.45) is 1.53. The molecule has 0 unspecified atom stereocenters. The first kappa shape index (κ1) is 21.4. The zero-order chi connectivity index (χ0) is 21.5. The van der Waals surface area contributed by atoms with Gasteiger partial charge in [-0.1, -0.05) is 36.4 Å². The maximum absolute atomic E-state index is 12.8. The van der Waals surface area contributed by atoms with Gasteiger partial charge in [0.15, 0.2) is 11.5 Å². The molecule has 0 saturated carbocycles. The maximum atomic E-state index is 12.8. The topological polar surface area (TPSA) is 71.3 Å². The van der Waals surface area contributed by atoms with Crippen molar-refractivity contribution in [3.63, 3.8) is 0 Å². The van der Waals surface area contributed by atoms with E-state index in [0.29, 0.717) is 40.4 Å². The van der Waals surface area contributed by atoms with E-state index in [0.717, 1.165) is 10.8 Å². The Balaban J connectivity index is 1.93. The summed E-state index contributed by atoms with van der Waals surface area (Å²) in [6, 6.07) is 18.9. The van der Waals surface area contributed by atoms with E-state index in [4.69, 9.17) is 9.47 Å². The molecule has 0 heterocycles. The van der Waals surface area contributed by atoms with Crippen LogP contribution in [0.3, 0.4) is 0 Å². The molecule has 3 aromatic rings. The Hall–Kier alpha value is -3.30. The van der Waals surface area contributed by atoms with Crippen LogP contribution in [0.25, 0.3) is 16.8 Å². The van der Waals surface area contributed by atoms with Crippen LogP contribution in [0.1, 0.15) is 19.4 Å². The summed E-state index contributed by atoms with van der Waals surface area (Å²) in [5.74, 6) is 0.666. The SMILES string of the molecule is CCOc1cc(/C=C(\C#N)C(=O)Nc2cccc3ccccc23)cc(Br)c1OCC. The van der Waals surface area contributed by atoms with E-state index in [1.165, 1.54) is 6.08 Å². The van der Waals surface area contributed by atoms with Gasteiger partial charge in [0.05, 0.1) is 17.7 Å². The van der Waals surface area contributed by atoms with Crippen molar-refractivity contribution in [2.45, 2.75) is 13.8 Å². The molecule has 152 valence electrons. The molecule has 0 atom stereocenters. The van der Waals surface area contributed by atoms with Crippen LogP contribution in [0.2, 0.25) is 0 Å². The lowest BCUT2D eigenvalue weighted by molar-refractivity contribution is -0.112. The van der Waals surface area contributed by atoms with Gasteiger partial charge >= 0.3 is 0 Å². The third-order valence-corrected chi connectivity index (χ3v) is 4.92. The van der Waals surface area contributed by atoms with Gasteiger partial charge in [0, 0.05) is 11.1 Å². The Morgan fingerprint density at radius 1 is 1.10 bits per heavy atom. The average molecular weight is 465 g/mol. The molecule has 0 radical (unpaired) electrons. The van der Waals surface area contributed by atoms with Gasteiger partial charge < -0.3 is 14.8 Å². The molecule has 1 N–H and O–H groups in total. The van der Waals surface area contributed by atoms with E-state index in [-0.39, 0.29) is 5.57 Å². The predicted octanol–water partition coefficient (Wildman–Crippen LogP) is 5.95. The molecule has 30 heavy (non-hydrogen) atoms. The highest BCUT2D eigenvalue weighted by Gasteiger charge is 2.15. The minimum atomic E-state index is -0.475. The predicted molar refractivity (Wildman–Crippen MR) is 123 cm³/mol. The highest BCUT2D eigenvalue weighted by molar-refractivity contribution is 9.10. The summed E-state index contributed by atoms with van der Waals surface area (Å²) in [5.41, 5.74) is 1.29. The van der Waals surface area contributed by atoms with E-state index >= 15 is 0 Å². The largest absolute Gasteiger partial charge is 0.490 e. The van der Waals surface area contributed by atoms with E-state index in [2.05, 4.69) is 21.2 Å². The van der Waals surface area contributed by atoms with Crippen LogP contribution in [0.15, 0.2) is 64.6 Å². The molecule has 3 rings (SSSR count). The lowest BCUT2D eigenvalue weighted by atomic mass is 10.1. The van der Waals surface area contributed by atoms with Crippen molar-refractivity contribution >= 4 is 44.4 Å². The van der Waals surface area contributed by atoms with Crippen LogP contribution < -0.4 is 14.8 Å². The van der Waals surface area contributed by atoms with Gasteiger partial charge in [-0.05, 0) is 65.0 Å². The van der Waals surface area contributed by atoms with Crippen LogP contribution in [0, 0.1) is 11.3 Å². The highest BCUT2D eigenvalue weighted by atomic mass is 79.9. The maximum Gasteiger partial charge on any atom is 0.266 e. The number of nitrogens with zero attached hydrogens (tertiary/aromatic N) is 1. The van der Waals surface area contributed by atoms with E-state index < -0.39 is 5.91 Å². The number of benzene rings is 3. The summed E-state index contributed by atoms with van der Waals surface area (Å²) >= 11 is 3.48. The number of amides is 1. The Morgan fingerprint density at radius 3 is 2.57 bits per heavy atom. The van der Waals surface area contributed by atoms with Crippen molar-refractivity contribution in [2.75, 3.05) is 18.5 Å². The zero-order valence-corrected chi connectivity index (χ0v) is 18.3. The van der Waals surface area contributed by atoms with Crippen molar-refractivity contribution in [1.29, 1.82) is 5.26 Å². The van der Waals surface area contributed by atoms with Crippen LogP contribution in [0.4, 0.5) is 5.69 Å². The Bertz CT molecular complexity index is 1140. The normalized spacial score (nSPS) is 11.1. The van der Waals surface area contributed by atoms with E-state index in [1.807, 2.05) is 62.4 Å². The number of carbonyl (C=O) groups is 1. The second-order valence-electron chi connectivity index (χ2n) is 6.35. The standard InChI is InChI=1S/C24H21BrN2O3/c1-3-29-22-14-16(13-20(25)23(22)30-4-2)12-18(15-26)24(28)27-21-11-7-9-17-8-5-6-10-19(17)21/h5-14H,3-4H2,1-2H3,(H,27,28)/b18-12+. The minimum absolute atomic E-state index is 0.0126. The zero-order valence-electron chi connectivity index (χ0n) is 16.7. The Kier molecular flexibility index (Phi) is 7.10. The molecule has 1 amide bonds. The molecule has 0 aliphatic carbocycles. The highest BCUT2D eigenvalue weighted by Crippen LogP contribution is 2.37. The number of nitrogens with one attached hydrogen (secondary N) is 1. The minimum Gasteiger partial charge on any atom is -0.490 e. The van der Waals surface area contributed by atoms with Gasteiger partial charge in [0.1, 0.15) is 11.6 Å². The fourth-order valence-corrected chi connectivity index (χ4v) is 3.63. The number of fused-ring (bicyclic) bond motifs is 1. The van der Waals surface area contributed by atoms with Gasteiger partial charge in [-0.15, -0.1) is 0 Å². The van der Waals surface area contributed by atoms with Crippen molar-refractivity contribution in [3.05, 3.63) is 70.2 Å². The van der Waals surface area contributed by atoms with Gasteiger partial charge in [0.25, 0.3) is 5.91 Å². The number of halogens is 1. The summed E-state index contributed by atoms with van der Waals surface area (Å²) in [7, 11) is 0. The first-order valence-electron chi connectivity index (χ1n) is 9.57. The fourth-order valence-electron chi connectivity index (χ4n) is 3.06. The fraction of sp³-hybridized carbons (Fsp3) is 0.167. The van der Waals surface area contributed by atoms with E-state index in [9.17, 15) is 10.1 Å². The van der Waals surface area contributed by atoms with Crippen molar-refractivity contribution in [2.24, 2.45) is 0 Å². The molecule has 0 spiro atoms. The third kappa shape index (κ3) is 4.81. The average Bonchev–Trinajstić information content (AvgIpc) is 2.75. The van der Waals surface area contributed by atoms with Gasteiger partial charge in [-0.25, -0.2) is 0 Å². The van der Waals surface area contributed by atoms with Crippen LogP contribution >= 0.6 is 15.9 Å². The Morgan fingerprint density at radius 2 is 1.83 bits per heavy atom. The summed E-state index contributed by atoms with van der Waals surface area (Å²) in [4.78, 5) is 12.8. The molecule has 3 aromatic carbocycles. The number of hydrogen-bond acceptors (Lipinski definition) is 4. The summed E-state index contributed by atoms with van der Waals surface area (Å²) in [5, 5.41) is 14.3. The molecule has 0 saturated heterocycles. The molecule has 0 aliphatic rings. The van der Waals surface area contributed by atoms with Crippen molar-refractivity contribution in [3.8, 4) is 17.6 Å². The number of rotatable bonds is 7. The lowest BCUT2D eigenvalue weighted by Gasteiger charge is -2.14. The van der Waals surface area contributed by atoms with Crippen LogP contribution in [-0.4, -0.2) is 19.1 Å². The smallest absolute Gasteiger partial charge is 0.266 e. The molecule has 0 aromatic heterocycles. The first-order valence-corrected chi connectivity index (χ1v) is 10.4. The lowest BCUT2D eigenvalue weighted by Crippen LogP contribution is -2.13. The van der Waals surface area contributed by atoms with E-state index in [1.54, 1.807) is 12.1 Å². The van der Waals surface area contributed by atoms with Crippen LogP contribution in [-0.2, 0) is 4.79 Å². The number of ether oxygens (including phenoxy) is 2. The number of nitriles is 1. The van der Waals surface area contributed by atoms with Crippen molar-refractivity contribution in [1.82, 2.24) is 0 Å². The number of anilines is 1. The number of carbonyl (C=O) groups excluding carboxylic acids is 1. The van der Waals surface area contributed by atoms with Gasteiger partial charge in [0.2, 0.25) is 0 Å². The quantitative estimate of drug-likeness (QED) is 0.346. The first-order chi connectivity index (χ1) is 14.6. The monoisotopic (exact) mass is 464 g/mol. The Labute approximate surface area is 184 Å². The summed E-state index contributed by atoms with van der Waals surface area (Å²) < 4.78 is 12.0. The molecule has 5 nitrogen and oxygen atoms in total. The summed E-state index contributed by atoms with van der Waals surface area (Å²) in [6.45, 7) is 4.73. The molecule has 6 heteroatoms. The number of hydrogen-bond donors (Lipinski definition) is 1. The van der Waals surface area contributed by atoms with Crippen LogP contribution in [0.5, 0.6) is 11.5 Å². The molecular weight excluding hydrogens is 444 g/mol. The van der Waals surface area contributed by atoms with Crippen molar-refractivity contribution < 1.29 is 14.3 Å². The molecular formula is C24H21BrN2O3. The molecule has 0 bridgehead atoms. The third-order valence-electron chi connectivity index (χ3n) is 4.33. The molecule has 0 fully saturated rings. The van der Waals surface area contributed by atoms with Gasteiger partial charge in [-0.3, -0.25) is 4.79 Å². The van der Waals surface area contributed by atoms with Gasteiger partial charge in [-0.2, -0.15) is 5.26 Å².